The maximum absolute atomic E-state index is 11.5. The number of hydrogen-bond acceptors (Lipinski definition) is 3. The lowest BCUT2D eigenvalue weighted by Crippen LogP contribution is -2.46. The second-order valence-electron chi connectivity index (χ2n) is 6.24. The Labute approximate surface area is 105 Å². The third kappa shape index (κ3) is 7.21. The van der Waals surface area contributed by atoms with Crippen LogP contribution in [0.2, 0.25) is 0 Å². The van der Waals surface area contributed by atoms with Crippen LogP contribution in [0.1, 0.15) is 54.4 Å². The highest BCUT2D eigenvalue weighted by molar-refractivity contribution is 5.67. The quantitative estimate of drug-likeness (QED) is 0.781. The molecule has 0 aliphatic carbocycles. The Bertz CT molecular complexity index is 244. The normalized spacial score (nSPS) is 14.3. The maximum Gasteiger partial charge on any atom is 0.407 e. The first-order chi connectivity index (χ1) is 7.58. The van der Waals surface area contributed by atoms with Crippen molar-refractivity contribution in [1.82, 2.24) is 5.32 Å². The van der Waals surface area contributed by atoms with Gasteiger partial charge in [-0.3, -0.25) is 0 Å². The summed E-state index contributed by atoms with van der Waals surface area (Å²) in [5, 5.41) is 2.78. The minimum atomic E-state index is -0.459. The Morgan fingerprint density at radius 3 is 2.24 bits per heavy atom. The molecule has 0 aromatic heterocycles. The third-order valence-corrected chi connectivity index (χ3v) is 2.69. The number of nitrogens with two attached hydrogens (primary N) is 1. The van der Waals surface area contributed by atoms with E-state index >= 15 is 0 Å². The summed E-state index contributed by atoms with van der Waals surface area (Å²) in [6.07, 6.45) is 1.63. The zero-order valence-electron chi connectivity index (χ0n) is 12.1. The molecule has 102 valence electrons. The molecule has 1 unspecified atom stereocenters. The van der Waals surface area contributed by atoms with Crippen LogP contribution in [0.3, 0.4) is 0 Å². The minimum absolute atomic E-state index is 0.0856. The summed E-state index contributed by atoms with van der Waals surface area (Å²) in [5.41, 5.74) is 5.51. The average molecular weight is 244 g/mol. The third-order valence-electron chi connectivity index (χ3n) is 2.69. The van der Waals surface area contributed by atoms with Crippen LogP contribution in [0.5, 0.6) is 0 Å². The largest absolute Gasteiger partial charge is 0.444 e. The second kappa shape index (κ2) is 6.24. The van der Waals surface area contributed by atoms with Crippen molar-refractivity contribution in [3.63, 3.8) is 0 Å². The van der Waals surface area contributed by atoms with Gasteiger partial charge in [-0.25, -0.2) is 4.79 Å². The molecule has 0 aliphatic rings. The van der Waals surface area contributed by atoms with Crippen molar-refractivity contribution in [3.8, 4) is 0 Å². The fourth-order valence-corrected chi connectivity index (χ4v) is 1.45. The van der Waals surface area contributed by atoms with E-state index < -0.39 is 5.60 Å². The number of carbonyl (C=O) groups is 1. The summed E-state index contributed by atoms with van der Waals surface area (Å²) in [6.45, 7) is 12.3. The van der Waals surface area contributed by atoms with Gasteiger partial charge in [0, 0.05) is 12.6 Å². The van der Waals surface area contributed by atoms with Crippen molar-refractivity contribution in [2.24, 2.45) is 11.1 Å². The monoisotopic (exact) mass is 244 g/mol. The molecule has 0 heterocycles. The molecule has 0 saturated carbocycles. The molecular formula is C13H28N2O2. The van der Waals surface area contributed by atoms with Crippen LogP contribution in [-0.4, -0.2) is 24.3 Å². The molecule has 0 saturated heterocycles. The van der Waals surface area contributed by atoms with Gasteiger partial charge in [-0.2, -0.15) is 0 Å². The van der Waals surface area contributed by atoms with Crippen molar-refractivity contribution in [3.05, 3.63) is 0 Å². The molecular weight excluding hydrogens is 216 g/mol. The number of alkyl carbamates (subject to hydrolysis) is 1. The smallest absolute Gasteiger partial charge is 0.407 e. The molecule has 0 bridgehead atoms. The molecule has 4 nitrogen and oxygen atoms in total. The van der Waals surface area contributed by atoms with E-state index in [-0.39, 0.29) is 17.6 Å². The number of rotatable bonds is 5. The van der Waals surface area contributed by atoms with Crippen molar-refractivity contribution in [2.75, 3.05) is 6.54 Å². The SMILES string of the molecule is CCCC(N)C(C)(C)CNC(=O)OC(C)(C)C. The lowest BCUT2D eigenvalue weighted by molar-refractivity contribution is 0.0500. The van der Waals surface area contributed by atoms with E-state index in [9.17, 15) is 4.79 Å². The Morgan fingerprint density at radius 2 is 1.82 bits per heavy atom. The molecule has 0 aromatic carbocycles. The molecule has 0 radical (unpaired) electrons. The van der Waals surface area contributed by atoms with Gasteiger partial charge in [0.1, 0.15) is 5.60 Å². The van der Waals surface area contributed by atoms with Gasteiger partial charge in [0.15, 0.2) is 0 Å². The fourth-order valence-electron chi connectivity index (χ4n) is 1.45. The summed E-state index contributed by atoms with van der Waals surface area (Å²) in [7, 11) is 0. The van der Waals surface area contributed by atoms with E-state index in [4.69, 9.17) is 10.5 Å². The van der Waals surface area contributed by atoms with Crippen molar-refractivity contribution < 1.29 is 9.53 Å². The van der Waals surface area contributed by atoms with Gasteiger partial charge in [-0.1, -0.05) is 27.2 Å². The molecule has 0 aliphatic heterocycles. The fraction of sp³-hybridized carbons (Fsp3) is 0.923. The Hall–Kier alpha value is -0.770. The number of hydrogen-bond donors (Lipinski definition) is 2. The Morgan fingerprint density at radius 1 is 1.29 bits per heavy atom. The van der Waals surface area contributed by atoms with E-state index in [2.05, 4.69) is 26.1 Å². The molecule has 0 rings (SSSR count). The molecule has 0 aromatic rings. The van der Waals surface area contributed by atoms with E-state index in [0.29, 0.717) is 6.54 Å². The average Bonchev–Trinajstić information content (AvgIpc) is 2.12. The summed E-state index contributed by atoms with van der Waals surface area (Å²) in [6, 6.07) is 0.0856. The van der Waals surface area contributed by atoms with E-state index in [0.717, 1.165) is 12.8 Å². The first kappa shape index (κ1) is 16.2. The topological polar surface area (TPSA) is 64.3 Å². The van der Waals surface area contributed by atoms with E-state index in [1.807, 2.05) is 20.8 Å². The standard InChI is InChI=1S/C13H28N2O2/c1-7-8-10(14)13(5,6)9-15-11(16)17-12(2,3)4/h10H,7-9,14H2,1-6H3,(H,15,16). The molecule has 1 atom stereocenters. The molecule has 0 spiro atoms. The van der Waals surface area contributed by atoms with Gasteiger partial charge in [0.05, 0.1) is 0 Å². The van der Waals surface area contributed by atoms with Crippen LogP contribution in [-0.2, 0) is 4.74 Å². The summed E-state index contributed by atoms with van der Waals surface area (Å²) in [4.78, 5) is 11.5. The number of ether oxygens (including phenoxy) is 1. The lowest BCUT2D eigenvalue weighted by Gasteiger charge is -2.32. The van der Waals surface area contributed by atoms with Gasteiger partial charge >= 0.3 is 6.09 Å². The summed E-state index contributed by atoms with van der Waals surface area (Å²) in [5.74, 6) is 0. The molecule has 0 fully saturated rings. The zero-order valence-corrected chi connectivity index (χ0v) is 12.1. The van der Waals surface area contributed by atoms with Gasteiger partial charge in [-0.05, 0) is 32.6 Å². The minimum Gasteiger partial charge on any atom is -0.444 e. The van der Waals surface area contributed by atoms with Crippen molar-refractivity contribution in [1.29, 1.82) is 0 Å². The van der Waals surface area contributed by atoms with E-state index in [1.54, 1.807) is 0 Å². The number of amides is 1. The Balaban J connectivity index is 4.13. The van der Waals surface area contributed by atoms with Crippen LogP contribution in [0, 0.1) is 5.41 Å². The first-order valence-electron chi connectivity index (χ1n) is 6.31. The molecule has 4 heteroatoms. The van der Waals surface area contributed by atoms with Gasteiger partial charge < -0.3 is 15.8 Å². The molecule has 3 N–H and O–H groups in total. The highest BCUT2D eigenvalue weighted by atomic mass is 16.6. The van der Waals surface area contributed by atoms with Crippen molar-refractivity contribution >= 4 is 6.09 Å². The molecule has 17 heavy (non-hydrogen) atoms. The van der Waals surface area contributed by atoms with Crippen LogP contribution in [0.25, 0.3) is 0 Å². The predicted molar refractivity (Wildman–Crippen MR) is 70.9 cm³/mol. The zero-order chi connectivity index (χ0) is 13.7. The van der Waals surface area contributed by atoms with Crippen LogP contribution < -0.4 is 11.1 Å². The Kier molecular flexibility index (Phi) is 5.96. The summed E-state index contributed by atoms with van der Waals surface area (Å²) >= 11 is 0. The van der Waals surface area contributed by atoms with Crippen LogP contribution >= 0.6 is 0 Å². The predicted octanol–water partition coefficient (Wildman–Crippen LogP) is 2.66. The van der Waals surface area contributed by atoms with Crippen LogP contribution in [0.4, 0.5) is 4.79 Å². The summed E-state index contributed by atoms with van der Waals surface area (Å²) < 4.78 is 5.18. The van der Waals surface area contributed by atoms with Crippen molar-refractivity contribution in [2.45, 2.75) is 66.0 Å². The van der Waals surface area contributed by atoms with E-state index in [1.165, 1.54) is 0 Å². The number of nitrogens with one attached hydrogen (secondary N) is 1. The van der Waals surface area contributed by atoms with Gasteiger partial charge in [0.25, 0.3) is 0 Å². The second-order valence-corrected chi connectivity index (χ2v) is 6.24. The highest BCUT2D eigenvalue weighted by Gasteiger charge is 2.27. The number of carbonyl (C=O) groups excluding carboxylic acids is 1. The van der Waals surface area contributed by atoms with Crippen LogP contribution in [0.15, 0.2) is 0 Å². The molecule has 1 amide bonds. The highest BCUT2D eigenvalue weighted by Crippen LogP contribution is 2.21. The lowest BCUT2D eigenvalue weighted by atomic mass is 9.82. The van der Waals surface area contributed by atoms with Gasteiger partial charge in [-0.15, -0.1) is 0 Å². The van der Waals surface area contributed by atoms with Gasteiger partial charge in [0.2, 0.25) is 0 Å². The first-order valence-corrected chi connectivity index (χ1v) is 6.31. The maximum atomic E-state index is 11.5.